The van der Waals surface area contributed by atoms with Gasteiger partial charge in [0.15, 0.2) is 10.3 Å². The van der Waals surface area contributed by atoms with E-state index in [2.05, 4.69) is 38.6 Å². The van der Waals surface area contributed by atoms with Crippen LogP contribution in [0.15, 0.2) is 53.0 Å². The van der Waals surface area contributed by atoms with Crippen LogP contribution in [-0.2, 0) is 5.75 Å². The average Bonchev–Trinajstić information content (AvgIpc) is 3.03. The topological polar surface area (TPSA) is 65.7 Å². The van der Waals surface area contributed by atoms with Crippen molar-refractivity contribution in [1.82, 2.24) is 24.7 Å². The van der Waals surface area contributed by atoms with Gasteiger partial charge in [0, 0.05) is 23.3 Å². The molecule has 136 valence electrons. The molecule has 0 aliphatic heterocycles. The third-order valence-corrected chi connectivity index (χ3v) is 5.14. The van der Waals surface area contributed by atoms with Crippen molar-refractivity contribution in [2.75, 3.05) is 6.61 Å². The van der Waals surface area contributed by atoms with Gasteiger partial charge in [-0.25, -0.2) is 9.97 Å². The molecule has 26 heavy (non-hydrogen) atoms. The number of nitrogens with zero attached hydrogens (tertiary/aromatic N) is 5. The van der Waals surface area contributed by atoms with Gasteiger partial charge in [-0.05, 0) is 37.3 Å². The molecule has 1 aromatic carbocycles. The highest BCUT2D eigenvalue weighted by Crippen LogP contribution is 2.28. The molecule has 0 aliphatic carbocycles. The Kier molecular flexibility index (Phi) is 6.51. The third-order valence-electron chi connectivity index (χ3n) is 3.32. The molecule has 0 saturated heterocycles. The highest BCUT2D eigenvalue weighted by Gasteiger charge is 2.16. The Morgan fingerprint density at radius 1 is 1.08 bits per heavy atom. The van der Waals surface area contributed by atoms with Crippen LogP contribution in [-0.4, -0.2) is 36.6 Å². The molecule has 0 saturated carbocycles. The van der Waals surface area contributed by atoms with Gasteiger partial charge in [0.05, 0.1) is 12.4 Å². The second kappa shape index (κ2) is 9.05. The molecule has 0 bridgehead atoms. The molecule has 0 fully saturated rings. The number of aromatic nitrogens is 5. The molecule has 8 heteroatoms. The van der Waals surface area contributed by atoms with E-state index in [1.165, 1.54) is 0 Å². The van der Waals surface area contributed by atoms with E-state index in [0.717, 1.165) is 27.6 Å². The van der Waals surface area contributed by atoms with Crippen molar-refractivity contribution in [1.29, 1.82) is 0 Å². The number of hydrogen-bond donors (Lipinski definition) is 0. The summed E-state index contributed by atoms with van der Waals surface area (Å²) in [6.07, 6.45) is 3.49. The molecular weight excluding hydrogens is 366 g/mol. The van der Waals surface area contributed by atoms with E-state index in [4.69, 9.17) is 4.74 Å². The Hall–Kier alpha value is -2.06. The zero-order chi connectivity index (χ0) is 18.4. The summed E-state index contributed by atoms with van der Waals surface area (Å²) in [5.74, 6) is 2.37. The predicted molar refractivity (Wildman–Crippen MR) is 105 cm³/mol. The quantitative estimate of drug-likeness (QED) is 0.423. The molecule has 2 heterocycles. The van der Waals surface area contributed by atoms with Gasteiger partial charge in [-0.2, -0.15) is 0 Å². The van der Waals surface area contributed by atoms with Gasteiger partial charge in [-0.15, -0.1) is 10.2 Å². The lowest BCUT2D eigenvalue weighted by Gasteiger charge is -2.12. The van der Waals surface area contributed by atoms with Gasteiger partial charge in [-0.3, -0.25) is 4.57 Å². The largest absolute Gasteiger partial charge is 0.494 e. The predicted octanol–water partition coefficient (Wildman–Crippen LogP) is 4.25. The molecule has 0 aliphatic rings. The summed E-state index contributed by atoms with van der Waals surface area (Å²) < 4.78 is 7.64. The molecule has 0 spiro atoms. The molecule has 2 aromatic heterocycles. The first-order valence-electron chi connectivity index (χ1n) is 8.41. The molecule has 6 nitrogen and oxygen atoms in total. The Morgan fingerprint density at radius 3 is 2.46 bits per heavy atom. The maximum Gasteiger partial charge on any atom is 0.196 e. The highest BCUT2D eigenvalue weighted by atomic mass is 32.2. The lowest BCUT2D eigenvalue weighted by Crippen LogP contribution is -2.03. The van der Waals surface area contributed by atoms with Gasteiger partial charge >= 0.3 is 0 Å². The number of rotatable bonds is 8. The first kappa shape index (κ1) is 18.7. The van der Waals surface area contributed by atoms with Crippen molar-refractivity contribution in [3.8, 4) is 11.4 Å². The lowest BCUT2D eigenvalue weighted by atomic mass is 10.3. The molecule has 0 radical (unpaired) electrons. The van der Waals surface area contributed by atoms with Crippen LogP contribution in [0, 0.1) is 0 Å². The average molecular weight is 388 g/mol. The molecule has 3 aromatic rings. The van der Waals surface area contributed by atoms with Crippen molar-refractivity contribution < 1.29 is 4.74 Å². The number of ether oxygens (including phenoxy) is 1. The standard InChI is InChI=1S/C18H21N5OS2/c1-4-24-15-8-6-14(7-9-15)23-16(21-22-18(23)26-13(2)3)12-25-17-19-10-5-11-20-17/h5-11,13H,4,12H2,1-3H3. The van der Waals surface area contributed by atoms with E-state index >= 15 is 0 Å². The maximum absolute atomic E-state index is 5.54. The van der Waals surface area contributed by atoms with Gasteiger partial charge in [0.1, 0.15) is 11.6 Å². The SMILES string of the molecule is CCOc1ccc(-n2c(CSc3ncccn3)nnc2SC(C)C)cc1. The van der Waals surface area contributed by atoms with Crippen molar-refractivity contribution in [2.24, 2.45) is 0 Å². The van der Waals surface area contributed by atoms with Crippen LogP contribution in [0.3, 0.4) is 0 Å². The molecule has 3 rings (SSSR count). The van der Waals surface area contributed by atoms with E-state index < -0.39 is 0 Å². The van der Waals surface area contributed by atoms with Crippen molar-refractivity contribution in [2.45, 2.75) is 42.1 Å². The minimum Gasteiger partial charge on any atom is -0.494 e. The third kappa shape index (κ3) is 4.76. The summed E-state index contributed by atoms with van der Waals surface area (Å²) in [6, 6.07) is 9.82. The number of hydrogen-bond acceptors (Lipinski definition) is 7. The molecule has 0 N–H and O–H groups in total. The fourth-order valence-corrected chi connectivity index (χ4v) is 3.83. The van der Waals surface area contributed by atoms with Gasteiger partial charge in [0.25, 0.3) is 0 Å². The summed E-state index contributed by atoms with van der Waals surface area (Å²) in [6.45, 7) is 6.92. The lowest BCUT2D eigenvalue weighted by molar-refractivity contribution is 0.340. The van der Waals surface area contributed by atoms with Crippen LogP contribution in [0.1, 0.15) is 26.6 Å². The smallest absolute Gasteiger partial charge is 0.196 e. The summed E-state index contributed by atoms with van der Waals surface area (Å²) in [7, 11) is 0. The second-order valence-corrected chi connectivity index (χ2v) is 8.13. The minimum atomic E-state index is 0.415. The molecule has 0 unspecified atom stereocenters. The van der Waals surface area contributed by atoms with Crippen LogP contribution >= 0.6 is 23.5 Å². The number of thioether (sulfide) groups is 2. The van der Waals surface area contributed by atoms with E-state index in [0.29, 0.717) is 17.6 Å². The molecule has 0 amide bonds. The van der Waals surface area contributed by atoms with E-state index in [1.807, 2.05) is 37.3 Å². The summed E-state index contributed by atoms with van der Waals surface area (Å²) in [5, 5.41) is 10.8. The first-order valence-corrected chi connectivity index (χ1v) is 10.3. The van der Waals surface area contributed by atoms with Crippen molar-refractivity contribution in [3.63, 3.8) is 0 Å². The van der Waals surface area contributed by atoms with Crippen LogP contribution < -0.4 is 4.74 Å². The van der Waals surface area contributed by atoms with Crippen LogP contribution in [0.2, 0.25) is 0 Å². The van der Waals surface area contributed by atoms with E-state index in [1.54, 1.807) is 35.9 Å². The first-order chi connectivity index (χ1) is 12.7. The van der Waals surface area contributed by atoms with E-state index in [-0.39, 0.29) is 0 Å². The zero-order valence-electron chi connectivity index (χ0n) is 15.0. The van der Waals surface area contributed by atoms with Crippen LogP contribution in [0.25, 0.3) is 5.69 Å². The Labute approximate surface area is 161 Å². The Morgan fingerprint density at radius 2 is 1.81 bits per heavy atom. The fourth-order valence-electron chi connectivity index (χ4n) is 2.29. The van der Waals surface area contributed by atoms with Crippen molar-refractivity contribution in [3.05, 3.63) is 48.5 Å². The second-order valence-electron chi connectivity index (χ2n) is 5.65. The molecular formula is C18H21N5OS2. The normalized spacial score (nSPS) is 11.1. The highest BCUT2D eigenvalue weighted by molar-refractivity contribution is 7.99. The Bertz CT molecular complexity index is 821. The minimum absolute atomic E-state index is 0.415. The zero-order valence-corrected chi connectivity index (χ0v) is 16.6. The maximum atomic E-state index is 5.54. The van der Waals surface area contributed by atoms with Crippen molar-refractivity contribution >= 4 is 23.5 Å². The summed E-state index contributed by atoms with van der Waals surface area (Å²) in [4.78, 5) is 8.51. The van der Waals surface area contributed by atoms with E-state index in [9.17, 15) is 0 Å². The number of benzene rings is 1. The van der Waals surface area contributed by atoms with Gasteiger partial charge in [-0.1, -0.05) is 37.4 Å². The summed E-state index contributed by atoms with van der Waals surface area (Å²) >= 11 is 3.24. The molecule has 0 atom stereocenters. The Balaban J connectivity index is 1.88. The fraction of sp³-hybridized carbons (Fsp3) is 0.333. The summed E-state index contributed by atoms with van der Waals surface area (Å²) in [5.41, 5.74) is 1.02. The monoisotopic (exact) mass is 387 g/mol. The van der Waals surface area contributed by atoms with Crippen LogP contribution in [0.5, 0.6) is 5.75 Å². The van der Waals surface area contributed by atoms with Crippen LogP contribution in [0.4, 0.5) is 0 Å². The van der Waals surface area contributed by atoms with Gasteiger partial charge < -0.3 is 4.74 Å². The van der Waals surface area contributed by atoms with Gasteiger partial charge in [0.2, 0.25) is 0 Å².